The van der Waals surface area contributed by atoms with Crippen LogP contribution in [0.25, 0.3) is 0 Å². The standard InChI is InChI=1S/C23H48N2O/c1-4-5-6-7-8-9-10-11-12-13-14-15-16-17-18-19-23(26)25-22(20-24)21(2)3/h21-22H,4-20,24H2,1-3H3,(H,25,26)/t22-/m1/s1. The van der Waals surface area contributed by atoms with E-state index in [0.29, 0.717) is 18.9 Å². The molecule has 0 heterocycles. The molecule has 156 valence electrons. The molecule has 0 rings (SSSR count). The summed E-state index contributed by atoms with van der Waals surface area (Å²) < 4.78 is 0. The quantitative estimate of drug-likeness (QED) is 0.261. The molecular weight excluding hydrogens is 320 g/mol. The Morgan fingerprint density at radius 1 is 0.731 bits per heavy atom. The van der Waals surface area contributed by atoms with Gasteiger partial charge >= 0.3 is 0 Å². The highest BCUT2D eigenvalue weighted by molar-refractivity contribution is 5.76. The van der Waals surface area contributed by atoms with Crippen LogP contribution in [0.15, 0.2) is 0 Å². The first-order valence-corrected chi connectivity index (χ1v) is 11.6. The lowest BCUT2D eigenvalue weighted by Crippen LogP contribution is -2.43. The molecule has 0 unspecified atom stereocenters. The van der Waals surface area contributed by atoms with Gasteiger partial charge in [0.25, 0.3) is 0 Å². The Kier molecular flexibility index (Phi) is 18.8. The number of nitrogens with two attached hydrogens (primary N) is 1. The van der Waals surface area contributed by atoms with Crippen molar-refractivity contribution in [1.82, 2.24) is 5.32 Å². The average Bonchev–Trinajstić information content (AvgIpc) is 2.62. The number of hydrogen-bond acceptors (Lipinski definition) is 2. The van der Waals surface area contributed by atoms with Crippen LogP contribution in [-0.2, 0) is 4.79 Å². The highest BCUT2D eigenvalue weighted by Crippen LogP contribution is 2.13. The molecule has 3 N–H and O–H groups in total. The topological polar surface area (TPSA) is 55.1 Å². The van der Waals surface area contributed by atoms with E-state index in [0.717, 1.165) is 6.42 Å². The average molecular weight is 369 g/mol. The minimum absolute atomic E-state index is 0.124. The molecule has 0 radical (unpaired) electrons. The predicted octanol–water partition coefficient (Wildman–Crippen LogP) is 6.35. The summed E-state index contributed by atoms with van der Waals surface area (Å²) in [7, 11) is 0. The molecule has 0 bridgehead atoms. The number of nitrogens with one attached hydrogen (secondary N) is 1. The minimum atomic E-state index is 0.124. The van der Waals surface area contributed by atoms with Crippen LogP contribution < -0.4 is 11.1 Å². The zero-order valence-electron chi connectivity index (χ0n) is 18.2. The van der Waals surface area contributed by atoms with Crippen molar-refractivity contribution in [1.29, 1.82) is 0 Å². The smallest absolute Gasteiger partial charge is 0.220 e. The van der Waals surface area contributed by atoms with Gasteiger partial charge in [0.05, 0.1) is 0 Å². The largest absolute Gasteiger partial charge is 0.352 e. The number of carbonyl (C=O) groups excluding carboxylic acids is 1. The number of amides is 1. The minimum Gasteiger partial charge on any atom is -0.352 e. The molecule has 0 aliphatic heterocycles. The number of unbranched alkanes of at least 4 members (excludes halogenated alkanes) is 14. The van der Waals surface area contributed by atoms with Gasteiger partial charge in [-0.05, 0) is 12.3 Å². The third-order valence-electron chi connectivity index (χ3n) is 5.41. The summed E-state index contributed by atoms with van der Waals surface area (Å²) in [4.78, 5) is 11.9. The lowest BCUT2D eigenvalue weighted by molar-refractivity contribution is -0.122. The molecule has 1 atom stereocenters. The van der Waals surface area contributed by atoms with Gasteiger partial charge < -0.3 is 11.1 Å². The zero-order valence-corrected chi connectivity index (χ0v) is 18.2. The summed E-state index contributed by atoms with van der Waals surface area (Å²) in [6, 6.07) is 0.124. The maximum atomic E-state index is 11.9. The van der Waals surface area contributed by atoms with Crippen molar-refractivity contribution < 1.29 is 4.79 Å². The molecule has 0 saturated heterocycles. The lowest BCUT2D eigenvalue weighted by atomic mass is 10.0. The molecular formula is C23H48N2O. The van der Waals surface area contributed by atoms with E-state index in [1.807, 2.05) is 0 Å². The van der Waals surface area contributed by atoms with Gasteiger partial charge in [0.2, 0.25) is 5.91 Å². The van der Waals surface area contributed by atoms with Crippen LogP contribution in [0.5, 0.6) is 0 Å². The summed E-state index contributed by atoms with van der Waals surface area (Å²) in [5.74, 6) is 0.578. The summed E-state index contributed by atoms with van der Waals surface area (Å²) in [5, 5.41) is 3.05. The molecule has 0 fully saturated rings. The third-order valence-corrected chi connectivity index (χ3v) is 5.41. The van der Waals surface area contributed by atoms with E-state index >= 15 is 0 Å². The highest BCUT2D eigenvalue weighted by Gasteiger charge is 2.13. The van der Waals surface area contributed by atoms with Crippen molar-refractivity contribution in [3.63, 3.8) is 0 Å². The van der Waals surface area contributed by atoms with E-state index in [4.69, 9.17) is 5.73 Å². The number of carbonyl (C=O) groups is 1. The molecule has 0 saturated carbocycles. The van der Waals surface area contributed by atoms with Gasteiger partial charge in [-0.25, -0.2) is 0 Å². The van der Waals surface area contributed by atoms with Crippen molar-refractivity contribution in [3.05, 3.63) is 0 Å². The normalized spacial score (nSPS) is 12.5. The van der Waals surface area contributed by atoms with Gasteiger partial charge in [0.15, 0.2) is 0 Å². The van der Waals surface area contributed by atoms with Crippen LogP contribution in [0.1, 0.15) is 124 Å². The number of rotatable bonds is 19. The van der Waals surface area contributed by atoms with Gasteiger partial charge in [0.1, 0.15) is 0 Å². The van der Waals surface area contributed by atoms with Crippen molar-refractivity contribution in [2.24, 2.45) is 11.7 Å². The second kappa shape index (κ2) is 19.2. The molecule has 0 aliphatic rings. The maximum Gasteiger partial charge on any atom is 0.220 e. The number of hydrogen-bond donors (Lipinski definition) is 2. The van der Waals surface area contributed by atoms with Gasteiger partial charge in [-0.15, -0.1) is 0 Å². The van der Waals surface area contributed by atoms with Gasteiger partial charge in [0, 0.05) is 19.0 Å². The molecule has 0 aromatic heterocycles. The molecule has 0 aromatic carbocycles. The summed E-state index contributed by atoms with van der Waals surface area (Å²) in [5.41, 5.74) is 5.69. The van der Waals surface area contributed by atoms with Crippen LogP contribution in [0.3, 0.4) is 0 Å². The van der Waals surface area contributed by atoms with Crippen molar-refractivity contribution in [2.75, 3.05) is 6.54 Å². The zero-order chi connectivity index (χ0) is 19.5. The SMILES string of the molecule is CCCCCCCCCCCCCCCCCC(=O)N[C@H](CN)C(C)C. The fourth-order valence-corrected chi connectivity index (χ4v) is 3.43. The molecule has 0 aromatic rings. The van der Waals surface area contributed by atoms with Crippen LogP contribution >= 0.6 is 0 Å². The summed E-state index contributed by atoms with van der Waals surface area (Å²) >= 11 is 0. The summed E-state index contributed by atoms with van der Waals surface area (Å²) in [6.45, 7) is 7.02. The fraction of sp³-hybridized carbons (Fsp3) is 0.957. The van der Waals surface area contributed by atoms with Crippen LogP contribution in [0.2, 0.25) is 0 Å². The Morgan fingerprint density at radius 2 is 1.12 bits per heavy atom. The highest BCUT2D eigenvalue weighted by atomic mass is 16.1. The van der Waals surface area contributed by atoms with E-state index < -0.39 is 0 Å². The van der Waals surface area contributed by atoms with Crippen LogP contribution in [0, 0.1) is 5.92 Å². The summed E-state index contributed by atoms with van der Waals surface area (Å²) in [6.07, 6.45) is 21.0. The molecule has 1 amide bonds. The monoisotopic (exact) mass is 368 g/mol. The third kappa shape index (κ3) is 16.9. The molecule has 0 spiro atoms. The van der Waals surface area contributed by atoms with E-state index in [1.54, 1.807) is 0 Å². The van der Waals surface area contributed by atoms with E-state index in [-0.39, 0.29) is 11.9 Å². The Hall–Kier alpha value is -0.570. The Morgan fingerprint density at radius 3 is 1.46 bits per heavy atom. The van der Waals surface area contributed by atoms with E-state index in [9.17, 15) is 4.79 Å². The second-order valence-corrected chi connectivity index (χ2v) is 8.35. The lowest BCUT2D eigenvalue weighted by Gasteiger charge is -2.20. The fourth-order valence-electron chi connectivity index (χ4n) is 3.43. The van der Waals surface area contributed by atoms with E-state index in [2.05, 4.69) is 26.1 Å². The van der Waals surface area contributed by atoms with Gasteiger partial charge in [-0.3, -0.25) is 4.79 Å². The maximum absolute atomic E-state index is 11.9. The van der Waals surface area contributed by atoms with Crippen LogP contribution in [-0.4, -0.2) is 18.5 Å². The molecule has 26 heavy (non-hydrogen) atoms. The Bertz CT molecular complexity index is 305. The Labute approximate surface area is 164 Å². The second-order valence-electron chi connectivity index (χ2n) is 8.35. The van der Waals surface area contributed by atoms with Crippen LogP contribution in [0.4, 0.5) is 0 Å². The molecule has 3 nitrogen and oxygen atoms in total. The first kappa shape index (κ1) is 25.4. The van der Waals surface area contributed by atoms with E-state index in [1.165, 1.54) is 89.9 Å². The van der Waals surface area contributed by atoms with Crippen molar-refractivity contribution in [2.45, 2.75) is 130 Å². The first-order chi connectivity index (χ1) is 12.6. The predicted molar refractivity (Wildman–Crippen MR) is 115 cm³/mol. The first-order valence-electron chi connectivity index (χ1n) is 11.6. The Balaban J connectivity index is 3.25. The molecule has 0 aliphatic carbocycles. The van der Waals surface area contributed by atoms with Crippen molar-refractivity contribution in [3.8, 4) is 0 Å². The van der Waals surface area contributed by atoms with Gasteiger partial charge in [-0.2, -0.15) is 0 Å². The van der Waals surface area contributed by atoms with Crippen molar-refractivity contribution >= 4 is 5.91 Å². The van der Waals surface area contributed by atoms with Gasteiger partial charge in [-0.1, -0.05) is 111 Å². The molecule has 3 heteroatoms.